The van der Waals surface area contributed by atoms with Crippen LogP contribution in [0.15, 0.2) is 24.8 Å². The molecule has 0 aromatic carbocycles. The average molecular weight is 142 g/mol. The lowest BCUT2D eigenvalue weighted by atomic mass is 10.2. The maximum atomic E-state index is 8.41. The third kappa shape index (κ3) is 4.30. The van der Waals surface area contributed by atoms with E-state index in [0.717, 1.165) is 6.42 Å². The quantitative estimate of drug-likeness (QED) is 0.583. The molecule has 1 N–H and O–H groups in total. The molecule has 10 heavy (non-hydrogen) atoms. The van der Waals surface area contributed by atoms with Gasteiger partial charge in [0.05, 0.1) is 12.7 Å². The summed E-state index contributed by atoms with van der Waals surface area (Å²) in [6.45, 7) is 3.65. The lowest BCUT2D eigenvalue weighted by Crippen LogP contribution is -2.04. The first kappa shape index (κ1) is 9.40. The summed E-state index contributed by atoms with van der Waals surface area (Å²) in [6, 6.07) is 0. The zero-order valence-electron chi connectivity index (χ0n) is 6.29. The molecule has 0 spiro atoms. The Morgan fingerprint density at radius 2 is 2.40 bits per heavy atom. The van der Waals surface area contributed by atoms with Crippen molar-refractivity contribution in [2.75, 3.05) is 13.7 Å². The second-order valence-corrected chi connectivity index (χ2v) is 1.91. The first-order valence-electron chi connectivity index (χ1n) is 3.26. The molecule has 0 heterocycles. The summed E-state index contributed by atoms with van der Waals surface area (Å²) in [6.07, 6.45) is 6.12. The van der Waals surface area contributed by atoms with Crippen molar-refractivity contribution in [3.05, 3.63) is 24.8 Å². The van der Waals surface area contributed by atoms with Gasteiger partial charge < -0.3 is 9.84 Å². The van der Waals surface area contributed by atoms with Crippen LogP contribution >= 0.6 is 0 Å². The van der Waals surface area contributed by atoms with Crippen molar-refractivity contribution in [2.45, 2.75) is 12.5 Å². The van der Waals surface area contributed by atoms with E-state index in [2.05, 4.69) is 6.58 Å². The Labute approximate surface area is 61.8 Å². The Bertz CT molecular complexity index is 108. The first-order chi connectivity index (χ1) is 4.85. The normalized spacial score (nSPS) is 13.8. The fourth-order valence-electron chi connectivity index (χ4n) is 0.630. The van der Waals surface area contributed by atoms with Crippen LogP contribution < -0.4 is 0 Å². The van der Waals surface area contributed by atoms with Crippen LogP contribution in [0.2, 0.25) is 0 Å². The number of methoxy groups -OCH3 is 1. The summed E-state index contributed by atoms with van der Waals surface area (Å²) in [4.78, 5) is 0. The van der Waals surface area contributed by atoms with Gasteiger partial charge in [0, 0.05) is 7.11 Å². The minimum atomic E-state index is 0.0599. The van der Waals surface area contributed by atoms with E-state index in [9.17, 15) is 0 Å². The van der Waals surface area contributed by atoms with Crippen LogP contribution in [0.25, 0.3) is 0 Å². The van der Waals surface area contributed by atoms with Gasteiger partial charge in [0.15, 0.2) is 0 Å². The lowest BCUT2D eigenvalue weighted by Gasteiger charge is -2.05. The van der Waals surface area contributed by atoms with Gasteiger partial charge in [-0.15, -0.1) is 6.58 Å². The van der Waals surface area contributed by atoms with Gasteiger partial charge in [0.1, 0.15) is 0 Å². The van der Waals surface area contributed by atoms with Crippen molar-refractivity contribution in [1.82, 2.24) is 0 Å². The number of hydrogen-bond acceptors (Lipinski definition) is 2. The van der Waals surface area contributed by atoms with Gasteiger partial charge in [-0.3, -0.25) is 0 Å². The Hall–Kier alpha value is -0.600. The third-order valence-corrected chi connectivity index (χ3v) is 1.16. The smallest absolute Gasteiger partial charge is 0.0787 e. The standard InChI is InChI=1S/C8H14O2/c1-3-5-8(10-2)6-4-7-9/h3-4,6,8-9H,1,5,7H2,2H3/b6-4-. The molecule has 0 aliphatic rings. The molecule has 1 atom stereocenters. The van der Waals surface area contributed by atoms with E-state index < -0.39 is 0 Å². The number of hydrogen-bond donors (Lipinski definition) is 1. The molecule has 0 saturated carbocycles. The van der Waals surface area contributed by atoms with Crippen LogP contribution in [0.1, 0.15) is 6.42 Å². The van der Waals surface area contributed by atoms with E-state index in [1.54, 1.807) is 19.3 Å². The molecule has 2 heteroatoms. The van der Waals surface area contributed by atoms with Crippen molar-refractivity contribution in [1.29, 1.82) is 0 Å². The topological polar surface area (TPSA) is 29.5 Å². The zero-order chi connectivity index (χ0) is 7.82. The second kappa shape index (κ2) is 6.52. The summed E-state index contributed by atoms with van der Waals surface area (Å²) in [5, 5.41) is 8.41. The summed E-state index contributed by atoms with van der Waals surface area (Å²) in [7, 11) is 1.63. The zero-order valence-corrected chi connectivity index (χ0v) is 6.29. The lowest BCUT2D eigenvalue weighted by molar-refractivity contribution is 0.143. The van der Waals surface area contributed by atoms with Crippen LogP contribution in [0, 0.1) is 0 Å². The molecule has 0 bridgehead atoms. The van der Waals surface area contributed by atoms with Gasteiger partial charge in [0.25, 0.3) is 0 Å². The second-order valence-electron chi connectivity index (χ2n) is 1.91. The number of rotatable bonds is 5. The van der Waals surface area contributed by atoms with Gasteiger partial charge in [-0.05, 0) is 6.42 Å². The van der Waals surface area contributed by atoms with E-state index in [1.807, 2.05) is 6.08 Å². The van der Waals surface area contributed by atoms with E-state index in [0.29, 0.717) is 0 Å². The molecule has 0 aromatic rings. The van der Waals surface area contributed by atoms with Crippen LogP contribution in [0.3, 0.4) is 0 Å². The van der Waals surface area contributed by atoms with Gasteiger partial charge in [0.2, 0.25) is 0 Å². The van der Waals surface area contributed by atoms with Crippen molar-refractivity contribution in [3.8, 4) is 0 Å². The Morgan fingerprint density at radius 3 is 2.80 bits per heavy atom. The largest absolute Gasteiger partial charge is 0.392 e. The minimum Gasteiger partial charge on any atom is -0.392 e. The molecule has 0 fully saturated rings. The SMILES string of the molecule is C=CCC(/C=C\CO)OC. The minimum absolute atomic E-state index is 0.0599. The maximum Gasteiger partial charge on any atom is 0.0787 e. The highest BCUT2D eigenvalue weighted by Gasteiger charge is 1.96. The first-order valence-corrected chi connectivity index (χ1v) is 3.26. The molecular weight excluding hydrogens is 128 g/mol. The molecule has 0 aromatic heterocycles. The summed E-state index contributed by atoms with van der Waals surface area (Å²) >= 11 is 0. The van der Waals surface area contributed by atoms with Crippen molar-refractivity contribution in [3.63, 3.8) is 0 Å². The number of aliphatic hydroxyl groups is 1. The number of ether oxygens (including phenoxy) is 1. The van der Waals surface area contributed by atoms with Crippen molar-refractivity contribution < 1.29 is 9.84 Å². The molecule has 0 rings (SSSR count). The highest BCUT2D eigenvalue weighted by Crippen LogP contribution is 1.98. The molecule has 0 saturated heterocycles. The van der Waals surface area contributed by atoms with Crippen LogP contribution in [-0.2, 0) is 4.74 Å². The van der Waals surface area contributed by atoms with Crippen LogP contribution in [-0.4, -0.2) is 24.9 Å². The van der Waals surface area contributed by atoms with E-state index >= 15 is 0 Å². The number of aliphatic hydroxyl groups excluding tert-OH is 1. The molecule has 0 amide bonds. The Morgan fingerprint density at radius 1 is 1.70 bits per heavy atom. The maximum absolute atomic E-state index is 8.41. The fraction of sp³-hybridized carbons (Fsp3) is 0.500. The summed E-state index contributed by atoms with van der Waals surface area (Å²) in [5.74, 6) is 0. The monoisotopic (exact) mass is 142 g/mol. The molecular formula is C8H14O2. The Balaban J connectivity index is 3.58. The van der Waals surface area contributed by atoms with E-state index in [-0.39, 0.29) is 12.7 Å². The van der Waals surface area contributed by atoms with Crippen molar-refractivity contribution in [2.24, 2.45) is 0 Å². The van der Waals surface area contributed by atoms with Crippen LogP contribution in [0.5, 0.6) is 0 Å². The fourth-order valence-corrected chi connectivity index (χ4v) is 0.630. The molecule has 1 unspecified atom stereocenters. The van der Waals surface area contributed by atoms with Gasteiger partial charge >= 0.3 is 0 Å². The van der Waals surface area contributed by atoms with Gasteiger partial charge in [-0.25, -0.2) is 0 Å². The molecule has 2 nitrogen and oxygen atoms in total. The predicted molar refractivity (Wildman–Crippen MR) is 41.8 cm³/mol. The highest BCUT2D eigenvalue weighted by molar-refractivity contribution is 4.92. The molecule has 0 aliphatic heterocycles. The van der Waals surface area contributed by atoms with Gasteiger partial charge in [-0.2, -0.15) is 0 Å². The Kier molecular flexibility index (Phi) is 6.13. The van der Waals surface area contributed by atoms with Crippen molar-refractivity contribution >= 4 is 0 Å². The van der Waals surface area contributed by atoms with E-state index in [1.165, 1.54) is 0 Å². The van der Waals surface area contributed by atoms with Crippen LogP contribution in [0.4, 0.5) is 0 Å². The summed E-state index contributed by atoms with van der Waals surface area (Å²) < 4.78 is 5.02. The molecule has 0 aliphatic carbocycles. The van der Waals surface area contributed by atoms with Gasteiger partial charge in [-0.1, -0.05) is 18.2 Å². The molecule has 0 radical (unpaired) electrons. The third-order valence-electron chi connectivity index (χ3n) is 1.16. The average Bonchev–Trinajstić information content (AvgIpc) is 1.98. The van der Waals surface area contributed by atoms with E-state index in [4.69, 9.17) is 9.84 Å². The molecule has 58 valence electrons. The summed E-state index contributed by atoms with van der Waals surface area (Å²) in [5.41, 5.74) is 0. The predicted octanol–water partition coefficient (Wildman–Crippen LogP) is 1.13. The highest BCUT2D eigenvalue weighted by atomic mass is 16.5.